The van der Waals surface area contributed by atoms with E-state index in [1.807, 2.05) is 6.92 Å². The molecule has 1 rings (SSSR count). The van der Waals surface area contributed by atoms with Gasteiger partial charge in [-0.15, -0.1) is 12.4 Å². The number of benzene rings is 1. The van der Waals surface area contributed by atoms with Gasteiger partial charge < -0.3 is 15.4 Å². The van der Waals surface area contributed by atoms with E-state index in [9.17, 15) is 4.79 Å². The molecule has 1 amide bonds. The van der Waals surface area contributed by atoms with E-state index >= 15 is 0 Å². The number of carbonyl (C=O) groups excluding carboxylic acids is 1. The molecule has 0 aliphatic rings. The van der Waals surface area contributed by atoms with Gasteiger partial charge in [-0.2, -0.15) is 0 Å². The largest absolute Gasteiger partial charge is 0.496 e. The second-order valence-corrected chi connectivity index (χ2v) is 3.80. The molecule has 1 aromatic rings. The summed E-state index contributed by atoms with van der Waals surface area (Å²) in [5.41, 5.74) is 6.46. The van der Waals surface area contributed by atoms with E-state index in [2.05, 4.69) is 0 Å². The number of nitrogens with two attached hydrogens (primary N) is 1. The quantitative estimate of drug-likeness (QED) is 0.865. The van der Waals surface area contributed by atoms with Gasteiger partial charge in [-0.3, -0.25) is 4.79 Å². The Kier molecular flexibility index (Phi) is 6.13. The lowest BCUT2D eigenvalue weighted by molar-refractivity contribution is 0.0799. The molecule has 0 aliphatic carbocycles. The van der Waals surface area contributed by atoms with Crippen LogP contribution in [0, 0.1) is 0 Å². The van der Waals surface area contributed by atoms with Crippen LogP contribution in [0.15, 0.2) is 12.1 Å². The SMILES string of the molecule is CCN(C)C(=O)c1cc(Cl)c(N)cc1OC.Cl. The fourth-order valence-corrected chi connectivity index (χ4v) is 1.42. The second kappa shape index (κ2) is 6.57. The molecular weight excluding hydrogens is 263 g/mol. The van der Waals surface area contributed by atoms with Crippen LogP contribution in [0.3, 0.4) is 0 Å². The lowest BCUT2D eigenvalue weighted by atomic mass is 10.1. The molecule has 2 N–H and O–H groups in total. The Morgan fingerprint density at radius 3 is 2.59 bits per heavy atom. The Labute approximate surface area is 112 Å². The summed E-state index contributed by atoms with van der Waals surface area (Å²) < 4.78 is 5.11. The number of hydrogen-bond donors (Lipinski definition) is 1. The predicted molar refractivity (Wildman–Crippen MR) is 72.3 cm³/mol. The number of hydrogen-bond acceptors (Lipinski definition) is 3. The Morgan fingerprint density at radius 1 is 1.53 bits per heavy atom. The molecule has 4 nitrogen and oxygen atoms in total. The molecule has 6 heteroatoms. The minimum absolute atomic E-state index is 0. The summed E-state index contributed by atoms with van der Waals surface area (Å²) in [5.74, 6) is 0.299. The van der Waals surface area contributed by atoms with Crippen LogP contribution in [-0.2, 0) is 0 Å². The van der Waals surface area contributed by atoms with Crippen molar-refractivity contribution in [1.29, 1.82) is 0 Å². The van der Waals surface area contributed by atoms with Crippen molar-refractivity contribution in [2.24, 2.45) is 0 Å². The van der Waals surface area contributed by atoms with Gasteiger partial charge in [0.1, 0.15) is 5.75 Å². The van der Waals surface area contributed by atoms with E-state index in [4.69, 9.17) is 22.1 Å². The van der Waals surface area contributed by atoms with Crippen LogP contribution in [-0.4, -0.2) is 31.5 Å². The summed E-state index contributed by atoms with van der Waals surface area (Å²) >= 11 is 5.88. The third-order valence-corrected chi connectivity index (χ3v) is 2.70. The topological polar surface area (TPSA) is 55.6 Å². The van der Waals surface area contributed by atoms with Crippen LogP contribution in [0.1, 0.15) is 17.3 Å². The zero-order valence-electron chi connectivity index (χ0n) is 9.99. The highest BCUT2D eigenvalue weighted by Gasteiger charge is 2.17. The summed E-state index contributed by atoms with van der Waals surface area (Å²) in [5, 5.41) is 0.355. The molecule has 0 spiro atoms. The summed E-state index contributed by atoms with van der Waals surface area (Å²) in [6.45, 7) is 2.51. The molecule has 0 aliphatic heterocycles. The molecule has 0 heterocycles. The van der Waals surface area contributed by atoms with Crippen LogP contribution >= 0.6 is 24.0 Å². The molecule has 0 atom stereocenters. The van der Waals surface area contributed by atoms with Gasteiger partial charge in [0.15, 0.2) is 0 Å². The number of ether oxygens (including phenoxy) is 1. The highest BCUT2D eigenvalue weighted by molar-refractivity contribution is 6.33. The summed E-state index contributed by atoms with van der Waals surface area (Å²) in [4.78, 5) is 13.5. The fraction of sp³-hybridized carbons (Fsp3) is 0.364. The van der Waals surface area contributed by atoms with Crippen LogP contribution in [0.4, 0.5) is 5.69 Å². The molecule has 0 aromatic heterocycles. The van der Waals surface area contributed by atoms with E-state index in [-0.39, 0.29) is 18.3 Å². The first kappa shape index (κ1) is 15.9. The van der Waals surface area contributed by atoms with Crippen molar-refractivity contribution in [3.63, 3.8) is 0 Å². The van der Waals surface area contributed by atoms with Crippen molar-refractivity contribution in [2.45, 2.75) is 6.92 Å². The number of amides is 1. The first-order valence-electron chi connectivity index (χ1n) is 4.89. The first-order valence-corrected chi connectivity index (χ1v) is 5.27. The van der Waals surface area contributed by atoms with Gasteiger partial charge in [0.2, 0.25) is 0 Å². The molecule has 1 aromatic carbocycles. The number of anilines is 1. The number of methoxy groups -OCH3 is 1. The highest BCUT2D eigenvalue weighted by Crippen LogP contribution is 2.29. The van der Waals surface area contributed by atoms with Gasteiger partial charge in [0.05, 0.1) is 23.4 Å². The zero-order chi connectivity index (χ0) is 12.3. The van der Waals surface area contributed by atoms with Crippen LogP contribution in [0.2, 0.25) is 5.02 Å². The van der Waals surface area contributed by atoms with Crippen molar-refractivity contribution in [3.8, 4) is 5.75 Å². The van der Waals surface area contributed by atoms with Crippen molar-refractivity contribution in [1.82, 2.24) is 4.90 Å². The zero-order valence-corrected chi connectivity index (χ0v) is 11.6. The Morgan fingerprint density at radius 2 is 2.12 bits per heavy atom. The van der Waals surface area contributed by atoms with Crippen LogP contribution in [0.25, 0.3) is 0 Å². The monoisotopic (exact) mass is 278 g/mol. The molecule has 0 saturated heterocycles. The fourth-order valence-electron chi connectivity index (χ4n) is 1.25. The van der Waals surface area contributed by atoms with Gasteiger partial charge in [-0.25, -0.2) is 0 Å². The normalized spacial score (nSPS) is 9.41. The first-order chi connectivity index (χ1) is 7.51. The molecule has 0 unspecified atom stereocenters. The standard InChI is InChI=1S/C11H15ClN2O2.ClH/c1-4-14(2)11(15)7-5-8(12)9(13)6-10(7)16-3;/h5-6H,4,13H2,1-3H3;1H. The Hall–Kier alpha value is -1.13. The lowest BCUT2D eigenvalue weighted by Gasteiger charge is -2.17. The minimum Gasteiger partial charge on any atom is -0.496 e. The molecule has 0 bridgehead atoms. The van der Waals surface area contributed by atoms with Gasteiger partial charge in [0, 0.05) is 19.7 Å². The maximum atomic E-state index is 12.0. The van der Waals surface area contributed by atoms with E-state index < -0.39 is 0 Å². The molecule has 0 radical (unpaired) electrons. The van der Waals surface area contributed by atoms with E-state index in [0.717, 1.165) is 0 Å². The minimum atomic E-state index is -0.138. The second-order valence-electron chi connectivity index (χ2n) is 3.39. The van der Waals surface area contributed by atoms with Gasteiger partial charge >= 0.3 is 0 Å². The number of nitrogens with zero attached hydrogens (tertiary/aromatic N) is 1. The van der Waals surface area contributed by atoms with Crippen LogP contribution < -0.4 is 10.5 Å². The van der Waals surface area contributed by atoms with E-state index in [0.29, 0.717) is 28.6 Å². The Bertz CT molecular complexity index is 411. The van der Waals surface area contributed by atoms with Gasteiger partial charge in [-0.05, 0) is 13.0 Å². The van der Waals surface area contributed by atoms with E-state index in [1.54, 1.807) is 18.0 Å². The summed E-state index contributed by atoms with van der Waals surface area (Å²) in [6, 6.07) is 3.09. The van der Waals surface area contributed by atoms with Crippen molar-refractivity contribution < 1.29 is 9.53 Å². The lowest BCUT2D eigenvalue weighted by Crippen LogP contribution is -2.26. The molecule has 96 valence electrons. The van der Waals surface area contributed by atoms with Crippen LogP contribution in [0.5, 0.6) is 5.75 Å². The Balaban J connectivity index is 0.00000256. The van der Waals surface area contributed by atoms with Gasteiger partial charge in [0.25, 0.3) is 5.91 Å². The van der Waals surface area contributed by atoms with Crippen molar-refractivity contribution >= 4 is 35.6 Å². The molecule has 17 heavy (non-hydrogen) atoms. The van der Waals surface area contributed by atoms with Crippen molar-refractivity contribution in [2.75, 3.05) is 26.4 Å². The smallest absolute Gasteiger partial charge is 0.257 e. The number of rotatable bonds is 3. The molecule has 0 saturated carbocycles. The number of halogens is 2. The van der Waals surface area contributed by atoms with E-state index in [1.165, 1.54) is 13.2 Å². The molecular formula is C11H16Cl2N2O2. The summed E-state index contributed by atoms with van der Waals surface area (Å²) in [7, 11) is 3.21. The number of carbonyl (C=O) groups is 1. The van der Waals surface area contributed by atoms with Gasteiger partial charge in [-0.1, -0.05) is 11.6 Å². The highest BCUT2D eigenvalue weighted by atomic mass is 35.5. The number of nitrogen functional groups attached to an aromatic ring is 1. The summed E-state index contributed by atoms with van der Waals surface area (Å²) in [6.07, 6.45) is 0. The third-order valence-electron chi connectivity index (χ3n) is 2.37. The average molecular weight is 279 g/mol. The van der Waals surface area contributed by atoms with Crippen molar-refractivity contribution in [3.05, 3.63) is 22.7 Å². The average Bonchev–Trinajstić information content (AvgIpc) is 2.30. The molecule has 0 fully saturated rings. The maximum absolute atomic E-state index is 12.0. The predicted octanol–water partition coefficient (Wildman–Crippen LogP) is 2.44. The third kappa shape index (κ3) is 3.41. The maximum Gasteiger partial charge on any atom is 0.257 e.